The highest BCUT2D eigenvalue weighted by Gasteiger charge is 2.58. The van der Waals surface area contributed by atoms with E-state index in [2.05, 4.69) is 85.4 Å². The molecule has 0 radical (unpaired) electrons. The molecule has 4 saturated heterocycles. The Morgan fingerprint density at radius 2 is 1.39 bits per heavy atom. The molecule has 1 N–H and O–H groups in total. The first-order valence-electron chi connectivity index (χ1n) is 22.3. The lowest BCUT2D eigenvalue weighted by Gasteiger charge is -2.51. The van der Waals surface area contributed by atoms with E-state index in [0.29, 0.717) is 44.9 Å². The summed E-state index contributed by atoms with van der Waals surface area (Å²) < 4.78 is 122. The van der Waals surface area contributed by atoms with E-state index in [0.717, 1.165) is 19.3 Å². The highest BCUT2D eigenvalue weighted by molar-refractivity contribution is 7.87. The Bertz CT molecular complexity index is 1650. The summed E-state index contributed by atoms with van der Waals surface area (Å²) in [7, 11) is -9.24. The van der Waals surface area contributed by atoms with Gasteiger partial charge in [0.15, 0.2) is 28.2 Å². The summed E-state index contributed by atoms with van der Waals surface area (Å²) in [6.45, 7) is 31.0. The molecule has 0 aliphatic carbocycles. The second kappa shape index (κ2) is 19.6. The van der Waals surface area contributed by atoms with Crippen LogP contribution < -0.4 is 0 Å². The van der Waals surface area contributed by atoms with Crippen molar-refractivity contribution >= 4 is 32.7 Å². The number of carboxylic acid groups (broad SMARTS) is 1. The average molecular weight is 947 g/mol. The molecular formula is C43H77F3O13SSi2. The smallest absolute Gasteiger partial charge is 0.481 e. The van der Waals surface area contributed by atoms with E-state index in [1.54, 1.807) is 13.8 Å². The van der Waals surface area contributed by atoms with Gasteiger partial charge in [0.25, 0.3) is 0 Å². The van der Waals surface area contributed by atoms with Crippen LogP contribution >= 0.6 is 0 Å². The average Bonchev–Trinajstić information content (AvgIpc) is 3.43. The molecule has 0 amide bonds. The van der Waals surface area contributed by atoms with E-state index in [4.69, 9.17) is 37.3 Å². The van der Waals surface area contributed by atoms with E-state index >= 15 is 0 Å². The van der Waals surface area contributed by atoms with Crippen molar-refractivity contribution in [2.45, 2.75) is 241 Å². The summed E-state index contributed by atoms with van der Waals surface area (Å²) >= 11 is 0. The molecule has 4 fully saturated rings. The number of methoxy groups -OCH3 is 1. The second-order valence-electron chi connectivity index (χ2n) is 21.6. The van der Waals surface area contributed by atoms with Crippen molar-refractivity contribution in [1.82, 2.24) is 0 Å². The molecule has 0 saturated carbocycles. The Kier molecular flexibility index (Phi) is 16.9. The van der Waals surface area contributed by atoms with Gasteiger partial charge in [-0.2, -0.15) is 21.6 Å². The normalized spacial score (nSPS) is 32.7. The van der Waals surface area contributed by atoms with Crippen molar-refractivity contribution in [3.63, 3.8) is 0 Å². The van der Waals surface area contributed by atoms with Gasteiger partial charge in [0.05, 0.1) is 30.8 Å². The molecule has 4 rings (SSSR count). The summed E-state index contributed by atoms with van der Waals surface area (Å²) in [4.78, 5) is 11.6. The number of hydrogen-bond donors (Lipinski definition) is 1. The lowest BCUT2D eigenvalue weighted by Crippen LogP contribution is -2.59. The van der Waals surface area contributed by atoms with Crippen molar-refractivity contribution in [3.05, 3.63) is 12.3 Å². The molecule has 4 aliphatic rings. The van der Waals surface area contributed by atoms with Gasteiger partial charge < -0.3 is 46.6 Å². The molecule has 1 spiro atoms. The van der Waals surface area contributed by atoms with Crippen molar-refractivity contribution < 1.29 is 72.9 Å². The van der Waals surface area contributed by atoms with E-state index in [1.165, 1.54) is 7.11 Å². The molecule has 362 valence electrons. The molecule has 13 nitrogen and oxygen atoms in total. The zero-order valence-corrected chi connectivity index (χ0v) is 42.5. The first-order chi connectivity index (χ1) is 28.1. The number of rotatable bonds is 17. The van der Waals surface area contributed by atoms with Gasteiger partial charge in [0.1, 0.15) is 24.1 Å². The van der Waals surface area contributed by atoms with Crippen molar-refractivity contribution in [3.8, 4) is 0 Å². The van der Waals surface area contributed by atoms with Crippen LogP contribution in [-0.4, -0.2) is 115 Å². The Hall–Kier alpha value is -1.14. The minimum absolute atomic E-state index is 0.0328. The number of ether oxygens (including phenoxy) is 6. The molecule has 0 aromatic carbocycles. The quantitative estimate of drug-likeness (QED) is 0.0637. The van der Waals surface area contributed by atoms with Gasteiger partial charge in [0, 0.05) is 32.2 Å². The SMILES string of the molecule is C=C(OS(=O)(=O)C(F)(F)F)[C@@H]1OC(C)(C)O[C@@H]1[C@H]1O[C@]2(CC[C@@H]1OC)CC[C@H](C)[C@@H](C[C@H](C[C@@H](C[C@@H]1CCC[C@H](CC(=O)O)O1)O[Si](C)(C)C(C)(C)C)O[Si](C)(C)C(C)(C)C)O2. The number of carboxylic acids is 1. The Labute approximate surface area is 371 Å². The second-order valence-corrected chi connectivity index (χ2v) is 32.6. The minimum atomic E-state index is -6.04. The standard InChI is InChI=1S/C43H77F3O13SSi2/c1-27-19-21-42(22-20-33(51-11)37(56-42)38-36(54-41(9,10)55-38)28(2)57-60(49,50)43(44,45)46)53-34(27)25-32(59-62(14,15)40(6,7)8)24-31(58-61(12,13)39(3,4)5)23-29-17-16-18-30(52-29)26-35(47)48/h27,29-34,36-38H,2,16-26H2,1,3-15H3,(H,47,48)/t27-,29-,30+,31+,32-,33-,34+,36-,37-,38-,42-/m0/s1. The number of alkyl halides is 3. The maximum absolute atomic E-state index is 13.4. The number of halogens is 3. The molecule has 4 heterocycles. The maximum atomic E-state index is 13.4. The Morgan fingerprint density at radius 1 is 0.839 bits per heavy atom. The van der Waals surface area contributed by atoms with Crippen LogP contribution in [0.3, 0.4) is 0 Å². The molecule has 11 atom stereocenters. The first kappa shape index (κ1) is 53.5. The third kappa shape index (κ3) is 13.5. The predicted molar refractivity (Wildman–Crippen MR) is 233 cm³/mol. The third-order valence-corrected chi connectivity index (χ3v) is 24.1. The van der Waals surface area contributed by atoms with Gasteiger partial charge in [-0.25, -0.2) is 0 Å². The fourth-order valence-electron chi connectivity index (χ4n) is 8.51. The molecule has 0 unspecified atom stereocenters. The van der Waals surface area contributed by atoms with Crippen LogP contribution in [0.15, 0.2) is 12.3 Å². The summed E-state index contributed by atoms with van der Waals surface area (Å²) in [5.74, 6) is -4.06. The van der Waals surface area contributed by atoms with Crippen LogP contribution in [0, 0.1) is 5.92 Å². The van der Waals surface area contributed by atoms with Crippen LogP contribution in [0.4, 0.5) is 13.2 Å². The summed E-state index contributed by atoms with van der Waals surface area (Å²) in [5.41, 5.74) is -5.68. The molecule has 62 heavy (non-hydrogen) atoms. The fourth-order valence-corrected chi connectivity index (χ4v) is 11.7. The van der Waals surface area contributed by atoms with Gasteiger partial charge >= 0.3 is 21.6 Å². The molecule has 0 bridgehead atoms. The highest BCUT2D eigenvalue weighted by atomic mass is 32.2. The fraction of sp³-hybridized carbons (Fsp3) is 0.930. The van der Waals surface area contributed by atoms with E-state index in [-0.39, 0.29) is 52.9 Å². The topological polar surface area (TPSA) is 155 Å². The monoisotopic (exact) mass is 946 g/mol. The molecule has 0 aromatic heterocycles. The predicted octanol–water partition coefficient (Wildman–Crippen LogP) is 9.96. The number of aliphatic carboxylic acids is 1. The summed E-state index contributed by atoms with van der Waals surface area (Å²) in [6.07, 6.45) is 0.685. The third-order valence-electron chi connectivity index (χ3n) is 14.0. The minimum Gasteiger partial charge on any atom is -0.481 e. The Morgan fingerprint density at radius 3 is 1.92 bits per heavy atom. The van der Waals surface area contributed by atoms with Crippen LogP contribution in [-0.2, 0) is 56.4 Å². The van der Waals surface area contributed by atoms with Gasteiger partial charge in [0.2, 0.25) is 0 Å². The zero-order valence-electron chi connectivity index (χ0n) is 39.6. The summed E-state index contributed by atoms with van der Waals surface area (Å²) in [6, 6.07) is 0. The van der Waals surface area contributed by atoms with Gasteiger partial charge in [-0.3, -0.25) is 4.79 Å². The Balaban J connectivity index is 1.65. The molecular weight excluding hydrogens is 870 g/mol. The van der Waals surface area contributed by atoms with Crippen LogP contribution in [0.5, 0.6) is 0 Å². The lowest BCUT2D eigenvalue weighted by atomic mass is 9.83. The van der Waals surface area contributed by atoms with Crippen LogP contribution in [0.1, 0.15) is 133 Å². The van der Waals surface area contributed by atoms with E-state index < -0.39 is 80.0 Å². The molecule has 4 aliphatic heterocycles. The maximum Gasteiger partial charge on any atom is 0.534 e. The molecule has 0 aromatic rings. The van der Waals surface area contributed by atoms with Crippen molar-refractivity contribution in [1.29, 1.82) is 0 Å². The largest absolute Gasteiger partial charge is 0.534 e. The first-order valence-corrected chi connectivity index (χ1v) is 29.5. The number of carbonyl (C=O) groups is 1. The van der Waals surface area contributed by atoms with Crippen LogP contribution in [0.2, 0.25) is 36.3 Å². The van der Waals surface area contributed by atoms with Crippen molar-refractivity contribution in [2.75, 3.05) is 7.11 Å². The van der Waals surface area contributed by atoms with E-state index in [9.17, 15) is 31.5 Å². The van der Waals surface area contributed by atoms with E-state index in [1.807, 2.05) is 0 Å². The van der Waals surface area contributed by atoms with Crippen LogP contribution in [0.25, 0.3) is 0 Å². The van der Waals surface area contributed by atoms with Gasteiger partial charge in [-0.1, -0.05) is 55.0 Å². The van der Waals surface area contributed by atoms with Gasteiger partial charge in [-0.15, -0.1) is 0 Å². The number of hydrogen-bond acceptors (Lipinski definition) is 12. The van der Waals surface area contributed by atoms with Crippen molar-refractivity contribution in [2.24, 2.45) is 5.92 Å². The zero-order chi connectivity index (χ0) is 47.1. The van der Waals surface area contributed by atoms with Gasteiger partial charge in [-0.05, 0) is 107 Å². The summed E-state index contributed by atoms with van der Waals surface area (Å²) in [5, 5.41) is 9.36. The highest BCUT2D eigenvalue weighted by Crippen LogP contribution is 2.48. The molecule has 19 heteroatoms. The lowest BCUT2D eigenvalue weighted by molar-refractivity contribution is -0.352.